The van der Waals surface area contributed by atoms with Crippen molar-refractivity contribution in [2.75, 3.05) is 18.4 Å². The van der Waals surface area contributed by atoms with Crippen LogP contribution in [0.15, 0.2) is 59.4 Å². The van der Waals surface area contributed by atoms with Gasteiger partial charge in [0.15, 0.2) is 0 Å². The standard InChI is InChI=1S/C17H17N3O/c18-8-9-19-14-7-6-13-10-16(12-4-2-1-3-5-12)20-17(21)15(13)11-14/h1-7,10-11,19H,8-9,18H2,(H,20,21). The zero-order chi connectivity index (χ0) is 14.7. The molecular weight excluding hydrogens is 262 g/mol. The van der Waals surface area contributed by atoms with Gasteiger partial charge in [0.05, 0.1) is 0 Å². The molecule has 4 heteroatoms. The average Bonchev–Trinajstić information content (AvgIpc) is 2.54. The van der Waals surface area contributed by atoms with Crippen LogP contribution in [-0.4, -0.2) is 18.1 Å². The van der Waals surface area contributed by atoms with Crippen molar-refractivity contribution in [3.8, 4) is 11.3 Å². The number of H-pyrrole nitrogens is 1. The molecule has 21 heavy (non-hydrogen) atoms. The van der Waals surface area contributed by atoms with E-state index in [1.807, 2.05) is 54.6 Å². The first-order valence-corrected chi connectivity index (χ1v) is 6.94. The smallest absolute Gasteiger partial charge is 0.256 e. The number of hydrogen-bond donors (Lipinski definition) is 3. The Hall–Kier alpha value is -2.59. The van der Waals surface area contributed by atoms with E-state index >= 15 is 0 Å². The maximum Gasteiger partial charge on any atom is 0.256 e. The van der Waals surface area contributed by atoms with Crippen LogP contribution >= 0.6 is 0 Å². The fourth-order valence-electron chi connectivity index (χ4n) is 2.36. The number of nitrogens with two attached hydrogens (primary N) is 1. The Morgan fingerprint density at radius 2 is 1.86 bits per heavy atom. The Bertz CT molecular complexity index is 809. The van der Waals surface area contributed by atoms with Crippen LogP contribution in [-0.2, 0) is 0 Å². The van der Waals surface area contributed by atoms with Gasteiger partial charge in [-0.15, -0.1) is 0 Å². The van der Waals surface area contributed by atoms with E-state index in [9.17, 15) is 4.79 Å². The van der Waals surface area contributed by atoms with Gasteiger partial charge >= 0.3 is 0 Å². The third-order valence-electron chi connectivity index (χ3n) is 3.40. The molecule has 1 heterocycles. The lowest BCUT2D eigenvalue weighted by atomic mass is 10.1. The molecule has 3 rings (SSSR count). The summed E-state index contributed by atoms with van der Waals surface area (Å²) >= 11 is 0. The van der Waals surface area contributed by atoms with Crippen molar-refractivity contribution in [2.45, 2.75) is 0 Å². The van der Waals surface area contributed by atoms with Crippen LogP contribution in [0.2, 0.25) is 0 Å². The van der Waals surface area contributed by atoms with E-state index in [-0.39, 0.29) is 5.56 Å². The topological polar surface area (TPSA) is 70.9 Å². The number of fused-ring (bicyclic) bond motifs is 1. The lowest BCUT2D eigenvalue weighted by Gasteiger charge is -2.07. The fraction of sp³-hybridized carbons (Fsp3) is 0.118. The van der Waals surface area contributed by atoms with Gasteiger partial charge in [0, 0.05) is 29.9 Å². The number of benzene rings is 2. The van der Waals surface area contributed by atoms with E-state index in [1.54, 1.807) is 0 Å². The summed E-state index contributed by atoms with van der Waals surface area (Å²) in [6.07, 6.45) is 0. The highest BCUT2D eigenvalue weighted by Crippen LogP contribution is 2.21. The number of hydrogen-bond acceptors (Lipinski definition) is 3. The van der Waals surface area contributed by atoms with Crippen molar-refractivity contribution in [1.82, 2.24) is 4.98 Å². The highest BCUT2D eigenvalue weighted by atomic mass is 16.1. The zero-order valence-corrected chi connectivity index (χ0v) is 11.6. The van der Waals surface area contributed by atoms with Crippen molar-refractivity contribution < 1.29 is 0 Å². The molecule has 0 aliphatic carbocycles. The largest absolute Gasteiger partial charge is 0.384 e. The van der Waals surface area contributed by atoms with Crippen LogP contribution in [0.1, 0.15) is 0 Å². The number of pyridine rings is 1. The normalized spacial score (nSPS) is 10.7. The Morgan fingerprint density at radius 1 is 1.05 bits per heavy atom. The molecule has 2 aromatic carbocycles. The van der Waals surface area contributed by atoms with Crippen LogP contribution in [0.3, 0.4) is 0 Å². The second kappa shape index (κ2) is 5.81. The summed E-state index contributed by atoms with van der Waals surface area (Å²) in [4.78, 5) is 15.2. The van der Waals surface area contributed by atoms with Crippen LogP contribution in [0, 0.1) is 0 Å². The van der Waals surface area contributed by atoms with Crippen molar-refractivity contribution in [2.24, 2.45) is 5.73 Å². The van der Waals surface area contributed by atoms with E-state index in [0.29, 0.717) is 18.5 Å². The molecule has 106 valence electrons. The van der Waals surface area contributed by atoms with Crippen molar-refractivity contribution in [3.63, 3.8) is 0 Å². The summed E-state index contributed by atoms with van der Waals surface area (Å²) in [6.45, 7) is 1.24. The molecule has 0 saturated carbocycles. The SMILES string of the molecule is NCCNc1ccc2cc(-c3ccccc3)[nH]c(=O)c2c1. The van der Waals surface area contributed by atoms with Gasteiger partial charge < -0.3 is 16.0 Å². The number of rotatable bonds is 4. The third-order valence-corrected chi connectivity index (χ3v) is 3.40. The maximum atomic E-state index is 12.3. The Labute approximate surface area is 122 Å². The monoisotopic (exact) mass is 279 g/mol. The molecule has 3 aromatic rings. The van der Waals surface area contributed by atoms with E-state index in [4.69, 9.17) is 5.73 Å². The summed E-state index contributed by atoms with van der Waals surface area (Å²) in [5, 5.41) is 4.79. The van der Waals surface area contributed by atoms with Crippen LogP contribution in [0.5, 0.6) is 0 Å². The molecule has 0 aliphatic rings. The Kier molecular flexibility index (Phi) is 3.71. The second-order valence-corrected chi connectivity index (χ2v) is 4.90. The minimum absolute atomic E-state index is 0.0808. The van der Waals surface area contributed by atoms with Crippen molar-refractivity contribution in [3.05, 3.63) is 65.0 Å². The molecule has 0 spiro atoms. The van der Waals surface area contributed by atoms with E-state index < -0.39 is 0 Å². The summed E-state index contributed by atoms with van der Waals surface area (Å²) in [7, 11) is 0. The molecular formula is C17H17N3O. The molecule has 0 fully saturated rings. The molecule has 0 bridgehead atoms. The van der Waals surface area contributed by atoms with Crippen LogP contribution in [0.4, 0.5) is 5.69 Å². The molecule has 0 atom stereocenters. The lowest BCUT2D eigenvalue weighted by molar-refractivity contribution is 1.02. The zero-order valence-electron chi connectivity index (χ0n) is 11.6. The molecule has 4 N–H and O–H groups in total. The minimum Gasteiger partial charge on any atom is -0.384 e. The van der Waals surface area contributed by atoms with Gasteiger partial charge in [-0.3, -0.25) is 4.79 Å². The number of aromatic nitrogens is 1. The quantitative estimate of drug-likeness (QED) is 0.687. The van der Waals surface area contributed by atoms with Gasteiger partial charge in [0.2, 0.25) is 0 Å². The van der Waals surface area contributed by atoms with Crippen LogP contribution < -0.4 is 16.6 Å². The number of nitrogens with one attached hydrogen (secondary N) is 2. The van der Waals surface area contributed by atoms with Crippen molar-refractivity contribution >= 4 is 16.5 Å². The molecule has 0 radical (unpaired) electrons. The Balaban J connectivity index is 2.07. The van der Waals surface area contributed by atoms with E-state index in [0.717, 1.165) is 22.3 Å². The fourth-order valence-corrected chi connectivity index (χ4v) is 2.36. The Morgan fingerprint density at radius 3 is 2.62 bits per heavy atom. The summed E-state index contributed by atoms with van der Waals surface area (Å²) in [6, 6.07) is 17.6. The predicted molar refractivity (Wildman–Crippen MR) is 87.5 cm³/mol. The van der Waals surface area contributed by atoms with E-state index in [2.05, 4.69) is 10.3 Å². The minimum atomic E-state index is -0.0808. The number of aromatic amines is 1. The summed E-state index contributed by atoms with van der Waals surface area (Å²) in [5.74, 6) is 0. The average molecular weight is 279 g/mol. The highest BCUT2D eigenvalue weighted by Gasteiger charge is 2.05. The first-order chi connectivity index (χ1) is 10.3. The van der Waals surface area contributed by atoms with Gasteiger partial charge in [0.1, 0.15) is 0 Å². The van der Waals surface area contributed by atoms with Crippen LogP contribution in [0.25, 0.3) is 22.0 Å². The molecule has 4 nitrogen and oxygen atoms in total. The molecule has 0 aliphatic heterocycles. The summed E-state index contributed by atoms with van der Waals surface area (Å²) in [5.41, 5.74) is 8.13. The molecule has 0 saturated heterocycles. The molecule has 0 amide bonds. The summed E-state index contributed by atoms with van der Waals surface area (Å²) < 4.78 is 0. The second-order valence-electron chi connectivity index (χ2n) is 4.90. The predicted octanol–water partition coefficient (Wildman–Crippen LogP) is 2.57. The van der Waals surface area contributed by atoms with Crippen molar-refractivity contribution in [1.29, 1.82) is 0 Å². The van der Waals surface area contributed by atoms with Gasteiger partial charge in [-0.2, -0.15) is 0 Å². The lowest BCUT2D eigenvalue weighted by Crippen LogP contribution is -2.13. The molecule has 1 aromatic heterocycles. The van der Waals surface area contributed by atoms with E-state index in [1.165, 1.54) is 0 Å². The van der Waals surface area contributed by atoms with Gasteiger partial charge in [-0.25, -0.2) is 0 Å². The first kappa shape index (κ1) is 13.4. The molecule has 0 unspecified atom stereocenters. The highest BCUT2D eigenvalue weighted by molar-refractivity contribution is 5.87. The van der Waals surface area contributed by atoms with Gasteiger partial charge in [0.25, 0.3) is 5.56 Å². The van der Waals surface area contributed by atoms with Gasteiger partial charge in [-0.1, -0.05) is 36.4 Å². The number of anilines is 1. The third kappa shape index (κ3) is 2.80. The van der Waals surface area contributed by atoms with Gasteiger partial charge in [-0.05, 0) is 29.1 Å². The first-order valence-electron chi connectivity index (χ1n) is 6.94. The maximum absolute atomic E-state index is 12.3.